The average molecular weight is 286 g/mol. The molecule has 7 nitrogen and oxygen atoms in total. The molecule has 0 spiro atoms. The second-order valence-corrected chi connectivity index (χ2v) is 8.32. The fourth-order valence-electron chi connectivity index (χ4n) is 1.57. The van der Waals surface area contributed by atoms with Crippen molar-refractivity contribution < 1.29 is 21.6 Å². The predicted molar refractivity (Wildman–Crippen MR) is 63.9 cm³/mol. The Morgan fingerprint density at radius 2 is 1.94 bits per heavy atom. The monoisotopic (exact) mass is 286 g/mol. The lowest BCUT2D eigenvalue weighted by Crippen LogP contribution is -2.52. The van der Waals surface area contributed by atoms with Crippen molar-refractivity contribution in [3.8, 4) is 0 Å². The maximum atomic E-state index is 12.0. The van der Waals surface area contributed by atoms with E-state index in [1.807, 2.05) is 0 Å². The molecule has 0 aliphatic carbocycles. The molecule has 2 N–H and O–H groups in total. The van der Waals surface area contributed by atoms with Gasteiger partial charge in [0.1, 0.15) is 9.84 Å². The molecule has 9 heteroatoms. The molecule has 0 saturated carbocycles. The number of ether oxygens (including phenoxy) is 1. The summed E-state index contributed by atoms with van der Waals surface area (Å²) < 4.78 is 52.3. The summed E-state index contributed by atoms with van der Waals surface area (Å²) in [4.78, 5) is 0. The Morgan fingerprint density at radius 3 is 2.47 bits per heavy atom. The lowest BCUT2D eigenvalue weighted by molar-refractivity contribution is 0.0359. The van der Waals surface area contributed by atoms with Gasteiger partial charge in [-0.15, -0.1) is 0 Å². The highest BCUT2D eigenvalue weighted by molar-refractivity contribution is 7.93. The fraction of sp³-hybridized carbons (Fsp3) is 1.00. The van der Waals surface area contributed by atoms with Crippen LogP contribution < -0.4 is 5.73 Å². The van der Waals surface area contributed by atoms with Crippen molar-refractivity contribution >= 4 is 19.9 Å². The van der Waals surface area contributed by atoms with Crippen molar-refractivity contribution in [1.29, 1.82) is 0 Å². The average Bonchev–Trinajstić information content (AvgIpc) is 2.26. The van der Waals surface area contributed by atoms with Crippen LogP contribution in [0.3, 0.4) is 0 Å². The highest BCUT2D eigenvalue weighted by Gasteiger charge is 2.32. The van der Waals surface area contributed by atoms with Crippen LogP contribution in [-0.4, -0.2) is 71.2 Å². The highest BCUT2D eigenvalue weighted by atomic mass is 32.2. The maximum absolute atomic E-state index is 12.0. The van der Waals surface area contributed by atoms with E-state index in [9.17, 15) is 16.8 Å². The minimum absolute atomic E-state index is 0.165. The molecule has 1 heterocycles. The van der Waals surface area contributed by atoms with Crippen LogP contribution in [0, 0.1) is 0 Å². The van der Waals surface area contributed by atoms with Crippen LogP contribution in [-0.2, 0) is 24.6 Å². The van der Waals surface area contributed by atoms with Crippen molar-refractivity contribution in [2.45, 2.75) is 6.04 Å². The Morgan fingerprint density at radius 1 is 1.29 bits per heavy atom. The van der Waals surface area contributed by atoms with Crippen molar-refractivity contribution in [3.05, 3.63) is 0 Å². The number of sulfonamides is 1. The second kappa shape index (κ2) is 5.61. The van der Waals surface area contributed by atoms with Crippen LogP contribution in [0.15, 0.2) is 0 Å². The number of morpholine rings is 1. The van der Waals surface area contributed by atoms with Gasteiger partial charge in [0.25, 0.3) is 0 Å². The van der Waals surface area contributed by atoms with Crippen LogP contribution in [0.1, 0.15) is 0 Å². The maximum Gasteiger partial charge on any atom is 0.215 e. The zero-order valence-corrected chi connectivity index (χ0v) is 11.3. The molecule has 0 radical (unpaired) electrons. The number of hydrogen-bond acceptors (Lipinski definition) is 6. The van der Waals surface area contributed by atoms with Crippen molar-refractivity contribution in [1.82, 2.24) is 4.31 Å². The minimum atomic E-state index is -3.58. The van der Waals surface area contributed by atoms with Gasteiger partial charge >= 0.3 is 0 Å². The first-order chi connectivity index (χ1) is 7.76. The Labute approximate surface area is 102 Å². The van der Waals surface area contributed by atoms with Gasteiger partial charge in [-0.25, -0.2) is 16.8 Å². The molecule has 1 unspecified atom stereocenters. The van der Waals surface area contributed by atoms with Crippen molar-refractivity contribution in [2.24, 2.45) is 5.73 Å². The molecule has 0 aromatic rings. The van der Waals surface area contributed by atoms with Crippen LogP contribution in [0.2, 0.25) is 0 Å². The van der Waals surface area contributed by atoms with E-state index in [-0.39, 0.29) is 25.4 Å². The number of rotatable bonds is 5. The van der Waals surface area contributed by atoms with Gasteiger partial charge < -0.3 is 10.5 Å². The van der Waals surface area contributed by atoms with Crippen LogP contribution in [0.4, 0.5) is 0 Å². The first-order valence-corrected chi connectivity index (χ1v) is 8.88. The molecule has 1 atom stereocenters. The standard InChI is InChI=1S/C8H18N2O5S2/c1-16(11,12)4-5-17(13,14)10-2-3-15-7-8(10)6-9/h8H,2-7,9H2,1H3. The SMILES string of the molecule is CS(=O)(=O)CCS(=O)(=O)N1CCOCC1CN. The number of nitrogens with zero attached hydrogens (tertiary/aromatic N) is 1. The number of sulfone groups is 1. The Hall–Kier alpha value is -0.220. The van der Waals surface area contributed by atoms with Gasteiger partial charge in [0.2, 0.25) is 10.0 Å². The predicted octanol–water partition coefficient (Wildman–Crippen LogP) is -1.98. The normalized spacial score (nSPS) is 23.8. The molecule has 1 aliphatic rings. The topological polar surface area (TPSA) is 107 Å². The zero-order chi connectivity index (χ0) is 13.1. The molecule has 0 bridgehead atoms. The number of nitrogens with two attached hydrogens (primary N) is 1. The van der Waals surface area contributed by atoms with Crippen molar-refractivity contribution in [3.63, 3.8) is 0 Å². The largest absolute Gasteiger partial charge is 0.378 e. The van der Waals surface area contributed by atoms with E-state index in [1.54, 1.807) is 0 Å². The minimum Gasteiger partial charge on any atom is -0.378 e. The molecule has 1 aliphatic heterocycles. The van der Waals surface area contributed by atoms with E-state index in [0.717, 1.165) is 6.26 Å². The van der Waals surface area contributed by atoms with Crippen molar-refractivity contribution in [2.75, 3.05) is 44.1 Å². The molecule has 1 fully saturated rings. The van der Waals surface area contributed by atoms with Crippen LogP contribution >= 0.6 is 0 Å². The molecular formula is C8H18N2O5S2. The van der Waals surface area contributed by atoms with Gasteiger partial charge in [-0.3, -0.25) is 0 Å². The van der Waals surface area contributed by atoms with Crippen LogP contribution in [0.25, 0.3) is 0 Å². The molecule has 1 rings (SSSR count). The van der Waals surface area contributed by atoms with E-state index in [0.29, 0.717) is 6.61 Å². The van der Waals surface area contributed by atoms with Gasteiger partial charge in [-0.1, -0.05) is 0 Å². The lowest BCUT2D eigenvalue weighted by atomic mass is 10.3. The van der Waals surface area contributed by atoms with E-state index < -0.39 is 31.7 Å². The summed E-state index contributed by atoms with van der Waals surface area (Å²) in [7, 11) is -6.87. The third-order valence-electron chi connectivity index (χ3n) is 2.51. The molecule has 1 saturated heterocycles. The van der Waals surface area contributed by atoms with Crippen LogP contribution in [0.5, 0.6) is 0 Å². The quantitative estimate of drug-likeness (QED) is 0.627. The number of hydrogen-bond donors (Lipinski definition) is 1. The first kappa shape index (κ1) is 14.8. The van der Waals surface area contributed by atoms with Gasteiger partial charge in [0, 0.05) is 19.3 Å². The lowest BCUT2D eigenvalue weighted by Gasteiger charge is -2.33. The Balaban J connectivity index is 2.74. The third-order valence-corrected chi connectivity index (χ3v) is 5.63. The smallest absolute Gasteiger partial charge is 0.215 e. The van der Waals surface area contributed by atoms with E-state index >= 15 is 0 Å². The summed E-state index contributed by atoms with van der Waals surface area (Å²) >= 11 is 0. The van der Waals surface area contributed by atoms with Gasteiger partial charge in [-0.2, -0.15) is 4.31 Å². The molecule has 102 valence electrons. The molecule has 0 aromatic heterocycles. The summed E-state index contributed by atoms with van der Waals surface area (Å²) in [5.41, 5.74) is 5.47. The highest BCUT2D eigenvalue weighted by Crippen LogP contribution is 2.12. The summed E-state index contributed by atoms with van der Waals surface area (Å²) in [6.45, 7) is 0.968. The summed E-state index contributed by atoms with van der Waals surface area (Å²) in [6.07, 6.45) is 1.02. The van der Waals surface area contributed by atoms with Gasteiger partial charge in [0.15, 0.2) is 0 Å². The third kappa shape index (κ3) is 4.51. The summed E-state index contributed by atoms with van der Waals surface area (Å²) in [6, 6.07) is -0.395. The Kier molecular flexibility index (Phi) is 4.90. The van der Waals surface area contributed by atoms with Gasteiger partial charge in [0.05, 0.1) is 30.8 Å². The fourth-order valence-corrected chi connectivity index (χ4v) is 4.81. The molecule has 17 heavy (non-hydrogen) atoms. The zero-order valence-electron chi connectivity index (χ0n) is 9.70. The summed E-state index contributed by atoms with van der Waals surface area (Å²) in [5.74, 6) is -0.772. The second-order valence-electron chi connectivity index (χ2n) is 4.02. The molecule has 0 amide bonds. The van der Waals surface area contributed by atoms with E-state index in [4.69, 9.17) is 10.5 Å². The Bertz CT molecular complexity index is 445. The molecule has 0 aromatic carbocycles. The van der Waals surface area contributed by atoms with E-state index in [2.05, 4.69) is 0 Å². The van der Waals surface area contributed by atoms with Gasteiger partial charge in [-0.05, 0) is 0 Å². The first-order valence-electron chi connectivity index (χ1n) is 5.21. The van der Waals surface area contributed by atoms with E-state index in [1.165, 1.54) is 4.31 Å². The molecular weight excluding hydrogens is 268 g/mol. The summed E-state index contributed by atoms with van der Waals surface area (Å²) in [5, 5.41) is 0.